The lowest BCUT2D eigenvalue weighted by atomic mass is 9.70. The van der Waals surface area contributed by atoms with E-state index >= 15 is 0 Å². The number of piperazine rings is 1. The molecule has 6 heteroatoms. The number of nitrogens with zero attached hydrogens (tertiary/aromatic N) is 4. The number of hydrogen-bond acceptors (Lipinski definition) is 5. The van der Waals surface area contributed by atoms with Crippen LogP contribution >= 0.6 is 0 Å². The summed E-state index contributed by atoms with van der Waals surface area (Å²) >= 11 is 0. The van der Waals surface area contributed by atoms with Gasteiger partial charge in [-0.1, -0.05) is 46.1 Å². The second-order valence-corrected chi connectivity index (χ2v) is 11.8. The summed E-state index contributed by atoms with van der Waals surface area (Å²) in [6.07, 6.45) is 6.36. The Morgan fingerprint density at radius 3 is 2.39 bits per heavy atom. The van der Waals surface area contributed by atoms with E-state index in [1.165, 1.54) is 17.7 Å². The molecule has 1 aromatic heterocycles. The van der Waals surface area contributed by atoms with Gasteiger partial charge in [0.05, 0.1) is 23.3 Å². The van der Waals surface area contributed by atoms with E-state index in [1.54, 1.807) is 6.07 Å². The maximum atomic E-state index is 13.9. The standard InChI is InChI=1S/C32H35N5O/c1-4-22-17-24-25(18-27(22)36-12-14-37(15-13-36)32(20-34)10-6-5-7-11-32)31(2,3)30-28(29(24)38)23-9-8-21(19-33)16-26(23)35-30/h8-9,16-18,35H,4-7,10-15H2,1-3H3. The molecule has 3 aromatic rings. The lowest BCUT2D eigenvalue weighted by Gasteiger charge is -2.46. The minimum absolute atomic E-state index is 0.0598. The first kappa shape index (κ1) is 24.7. The molecule has 0 bridgehead atoms. The SMILES string of the molecule is CCc1cc2c(cc1N1CCN(C3(C#N)CCCCC3)CC1)C(C)(C)c1[nH]c3cc(C#N)ccc3c1C2=O. The quantitative estimate of drug-likeness (QED) is 0.485. The molecular weight excluding hydrogens is 470 g/mol. The van der Waals surface area contributed by atoms with E-state index in [-0.39, 0.29) is 16.7 Å². The minimum Gasteiger partial charge on any atom is -0.369 e. The molecule has 2 fully saturated rings. The second-order valence-electron chi connectivity index (χ2n) is 11.8. The maximum Gasteiger partial charge on any atom is 0.195 e. The van der Waals surface area contributed by atoms with E-state index in [1.807, 2.05) is 12.1 Å². The molecule has 2 aromatic carbocycles. The summed E-state index contributed by atoms with van der Waals surface area (Å²) in [5.41, 5.74) is 6.66. The van der Waals surface area contributed by atoms with Crippen LogP contribution in [0.25, 0.3) is 10.9 Å². The molecule has 194 valence electrons. The fourth-order valence-electron chi connectivity index (χ4n) is 7.17. The van der Waals surface area contributed by atoms with Crippen molar-refractivity contribution in [3.8, 4) is 12.1 Å². The zero-order chi connectivity index (χ0) is 26.7. The van der Waals surface area contributed by atoms with E-state index in [9.17, 15) is 15.3 Å². The van der Waals surface area contributed by atoms with Crippen LogP contribution in [0.2, 0.25) is 0 Å². The number of fused-ring (bicyclic) bond motifs is 4. The first-order valence-corrected chi connectivity index (χ1v) is 14.0. The molecule has 3 aliphatic rings. The third-order valence-electron chi connectivity index (χ3n) is 9.41. The summed E-state index contributed by atoms with van der Waals surface area (Å²) < 4.78 is 0. The van der Waals surface area contributed by atoms with Gasteiger partial charge in [-0.05, 0) is 54.7 Å². The number of hydrogen-bond donors (Lipinski definition) is 1. The van der Waals surface area contributed by atoms with E-state index < -0.39 is 0 Å². The molecule has 2 heterocycles. The first-order valence-electron chi connectivity index (χ1n) is 14.0. The van der Waals surface area contributed by atoms with E-state index in [0.717, 1.165) is 91.6 Å². The van der Waals surface area contributed by atoms with Crippen LogP contribution in [0.4, 0.5) is 5.69 Å². The molecule has 1 aliphatic heterocycles. The third kappa shape index (κ3) is 3.58. The van der Waals surface area contributed by atoms with Crippen LogP contribution in [0.3, 0.4) is 0 Å². The highest BCUT2D eigenvalue weighted by molar-refractivity contribution is 6.20. The van der Waals surface area contributed by atoms with Crippen molar-refractivity contribution in [1.29, 1.82) is 10.5 Å². The average molecular weight is 506 g/mol. The second kappa shape index (κ2) is 9.00. The summed E-state index contributed by atoms with van der Waals surface area (Å²) in [7, 11) is 0. The Balaban J connectivity index is 1.36. The normalized spacial score (nSPS) is 20.4. The van der Waals surface area contributed by atoms with Gasteiger partial charge in [0, 0.05) is 59.4 Å². The number of carbonyl (C=O) groups excluding carboxylic acids is 1. The van der Waals surface area contributed by atoms with Crippen molar-refractivity contribution in [2.75, 3.05) is 31.1 Å². The Labute approximate surface area is 224 Å². The van der Waals surface area contributed by atoms with Crippen LogP contribution in [0.1, 0.15) is 91.2 Å². The molecule has 38 heavy (non-hydrogen) atoms. The van der Waals surface area contributed by atoms with Crippen molar-refractivity contribution in [2.24, 2.45) is 0 Å². The highest BCUT2D eigenvalue weighted by Crippen LogP contribution is 2.46. The predicted octanol–water partition coefficient (Wildman–Crippen LogP) is 5.82. The predicted molar refractivity (Wildman–Crippen MR) is 150 cm³/mol. The highest BCUT2D eigenvalue weighted by atomic mass is 16.1. The van der Waals surface area contributed by atoms with Gasteiger partial charge in [0.2, 0.25) is 0 Å². The largest absolute Gasteiger partial charge is 0.369 e. The van der Waals surface area contributed by atoms with Gasteiger partial charge in [0.15, 0.2) is 5.78 Å². The third-order valence-corrected chi connectivity index (χ3v) is 9.41. The lowest BCUT2D eigenvalue weighted by molar-refractivity contribution is 0.0912. The van der Waals surface area contributed by atoms with Crippen LogP contribution < -0.4 is 4.90 Å². The van der Waals surface area contributed by atoms with Crippen LogP contribution in [0, 0.1) is 22.7 Å². The topological polar surface area (TPSA) is 86.9 Å². The molecule has 6 nitrogen and oxygen atoms in total. The van der Waals surface area contributed by atoms with E-state index in [2.05, 4.69) is 59.8 Å². The Morgan fingerprint density at radius 2 is 1.74 bits per heavy atom. The maximum absolute atomic E-state index is 13.9. The zero-order valence-electron chi connectivity index (χ0n) is 22.7. The van der Waals surface area contributed by atoms with Crippen LogP contribution in [0.5, 0.6) is 0 Å². The van der Waals surface area contributed by atoms with Gasteiger partial charge >= 0.3 is 0 Å². The molecule has 0 amide bonds. The van der Waals surface area contributed by atoms with E-state index in [0.29, 0.717) is 5.56 Å². The van der Waals surface area contributed by atoms with Crippen molar-refractivity contribution < 1.29 is 4.79 Å². The van der Waals surface area contributed by atoms with Crippen LogP contribution in [0.15, 0.2) is 30.3 Å². The van der Waals surface area contributed by atoms with Crippen molar-refractivity contribution in [3.63, 3.8) is 0 Å². The zero-order valence-corrected chi connectivity index (χ0v) is 22.7. The van der Waals surface area contributed by atoms with Gasteiger partial charge in [-0.15, -0.1) is 0 Å². The molecular formula is C32H35N5O. The molecule has 6 rings (SSSR count). The lowest BCUT2D eigenvalue weighted by Crippen LogP contribution is -2.57. The Morgan fingerprint density at radius 1 is 1.00 bits per heavy atom. The van der Waals surface area contributed by atoms with Gasteiger partial charge in [-0.25, -0.2) is 0 Å². The number of nitrogens with one attached hydrogen (secondary N) is 1. The summed E-state index contributed by atoms with van der Waals surface area (Å²) in [5, 5.41) is 20.3. The minimum atomic E-state index is -0.389. The summed E-state index contributed by atoms with van der Waals surface area (Å²) in [5.74, 6) is 0.0598. The van der Waals surface area contributed by atoms with Gasteiger partial charge in [-0.3, -0.25) is 9.69 Å². The molecule has 0 unspecified atom stereocenters. The molecule has 0 spiro atoms. The van der Waals surface area contributed by atoms with Crippen molar-refractivity contribution in [3.05, 3.63) is 63.8 Å². The number of anilines is 1. The van der Waals surface area contributed by atoms with Gasteiger partial charge in [0.25, 0.3) is 0 Å². The first-order chi connectivity index (χ1) is 18.3. The fraction of sp³-hybridized carbons (Fsp3) is 0.469. The van der Waals surface area contributed by atoms with Crippen molar-refractivity contribution in [2.45, 2.75) is 70.3 Å². The Kier molecular flexibility index (Phi) is 5.85. The Hall–Kier alpha value is -3.61. The Bertz CT molecular complexity index is 1520. The molecule has 2 aliphatic carbocycles. The van der Waals surface area contributed by atoms with E-state index in [4.69, 9.17) is 0 Å². The summed E-state index contributed by atoms with van der Waals surface area (Å²) in [4.78, 5) is 22.3. The molecule has 0 atom stereocenters. The molecule has 1 saturated carbocycles. The van der Waals surface area contributed by atoms with Crippen molar-refractivity contribution >= 4 is 22.4 Å². The molecule has 1 N–H and O–H groups in total. The smallest absolute Gasteiger partial charge is 0.195 e. The highest BCUT2D eigenvalue weighted by Gasteiger charge is 2.42. The monoisotopic (exact) mass is 505 g/mol. The number of aromatic nitrogens is 1. The molecule has 0 radical (unpaired) electrons. The van der Waals surface area contributed by atoms with Gasteiger partial charge in [-0.2, -0.15) is 10.5 Å². The number of nitriles is 2. The number of H-pyrrole nitrogens is 1. The van der Waals surface area contributed by atoms with Crippen molar-refractivity contribution in [1.82, 2.24) is 9.88 Å². The number of ketones is 1. The molecule has 1 saturated heterocycles. The summed E-state index contributed by atoms with van der Waals surface area (Å²) in [6, 6.07) is 14.8. The number of aromatic amines is 1. The fourth-order valence-corrected chi connectivity index (χ4v) is 7.17. The number of aryl methyl sites for hydroxylation is 1. The van der Waals surface area contributed by atoms with Gasteiger partial charge < -0.3 is 9.88 Å². The number of rotatable bonds is 3. The van der Waals surface area contributed by atoms with Gasteiger partial charge in [0.1, 0.15) is 5.54 Å². The number of carbonyl (C=O) groups is 1. The van der Waals surface area contributed by atoms with Crippen LogP contribution in [-0.4, -0.2) is 47.4 Å². The van der Waals surface area contributed by atoms with Crippen LogP contribution in [-0.2, 0) is 11.8 Å². The average Bonchev–Trinajstić information content (AvgIpc) is 3.36. The summed E-state index contributed by atoms with van der Waals surface area (Å²) in [6.45, 7) is 10.1. The number of benzene rings is 2.